The molecule has 0 atom stereocenters. The van der Waals surface area contributed by atoms with Crippen molar-refractivity contribution >= 4 is 46.7 Å². The largest absolute Gasteiger partial charge is 0.478 e. The van der Waals surface area contributed by atoms with Gasteiger partial charge >= 0.3 is 5.97 Å². The number of thiophene rings is 1. The van der Waals surface area contributed by atoms with E-state index in [9.17, 15) is 4.79 Å². The second-order valence-electron chi connectivity index (χ2n) is 3.69. The molecule has 19 heavy (non-hydrogen) atoms. The van der Waals surface area contributed by atoms with Crippen LogP contribution in [0.2, 0.25) is 5.02 Å². The molecule has 0 amide bonds. The number of thioether (sulfide) groups is 1. The SMILES string of the molecule is O=C(O)C=Cc1ccsc1CSc1ccccc1Cl. The Morgan fingerprint density at radius 3 is 2.89 bits per heavy atom. The van der Waals surface area contributed by atoms with Crippen molar-refractivity contribution in [2.24, 2.45) is 0 Å². The van der Waals surface area contributed by atoms with E-state index in [0.717, 1.165) is 32.2 Å². The van der Waals surface area contributed by atoms with Crippen LogP contribution in [0.3, 0.4) is 0 Å². The third-order valence-electron chi connectivity index (χ3n) is 2.38. The Hall–Kier alpha value is -1.23. The maximum absolute atomic E-state index is 10.5. The average Bonchev–Trinajstić information content (AvgIpc) is 2.83. The van der Waals surface area contributed by atoms with Gasteiger partial charge in [-0.2, -0.15) is 0 Å². The summed E-state index contributed by atoms with van der Waals surface area (Å²) in [7, 11) is 0. The summed E-state index contributed by atoms with van der Waals surface area (Å²) in [6.45, 7) is 0. The van der Waals surface area contributed by atoms with Gasteiger partial charge in [0.15, 0.2) is 0 Å². The zero-order chi connectivity index (χ0) is 13.7. The smallest absolute Gasteiger partial charge is 0.328 e. The average molecular weight is 311 g/mol. The molecular weight excluding hydrogens is 300 g/mol. The zero-order valence-electron chi connectivity index (χ0n) is 9.88. The molecule has 0 unspecified atom stereocenters. The van der Waals surface area contributed by atoms with Gasteiger partial charge in [-0.25, -0.2) is 4.79 Å². The van der Waals surface area contributed by atoms with Crippen LogP contribution >= 0.6 is 34.7 Å². The molecule has 0 saturated heterocycles. The molecule has 2 nitrogen and oxygen atoms in total. The first kappa shape index (κ1) is 14.2. The molecule has 0 radical (unpaired) electrons. The lowest BCUT2D eigenvalue weighted by Crippen LogP contribution is -1.86. The van der Waals surface area contributed by atoms with Gasteiger partial charge in [0.25, 0.3) is 0 Å². The van der Waals surface area contributed by atoms with Crippen LogP contribution in [-0.2, 0) is 10.5 Å². The number of hydrogen-bond donors (Lipinski definition) is 1. The van der Waals surface area contributed by atoms with Crippen molar-refractivity contribution in [1.82, 2.24) is 0 Å². The number of hydrogen-bond acceptors (Lipinski definition) is 3. The first-order valence-corrected chi connectivity index (χ1v) is 7.76. The number of carboxylic acid groups (broad SMARTS) is 1. The van der Waals surface area contributed by atoms with E-state index in [1.807, 2.05) is 35.7 Å². The van der Waals surface area contributed by atoms with Gasteiger partial charge < -0.3 is 5.11 Å². The van der Waals surface area contributed by atoms with Crippen molar-refractivity contribution in [2.45, 2.75) is 10.6 Å². The quantitative estimate of drug-likeness (QED) is 0.637. The third-order valence-corrected chi connectivity index (χ3v) is 5.04. The predicted molar refractivity (Wildman–Crippen MR) is 82.0 cm³/mol. The lowest BCUT2D eigenvalue weighted by molar-refractivity contribution is -0.131. The fraction of sp³-hybridized carbons (Fsp3) is 0.0714. The van der Waals surface area contributed by atoms with Crippen LogP contribution in [-0.4, -0.2) is 11.1 Å². The third kappa shape index (κ3) is 4.13. The highest BCUT2D eigenvalue weighted by Gasteiger charge is 2.05. The number of carboxylic acids is 1. The zero-order valence-corrected chi connectivity index (χ0v) is 12.3. The van der Waals surface area contributed by atoms with Crippen LogP contribution in [0.15, 0.2) is 46.7 Å². The van der Waals surface area contributed by atoms with E-state index in [0.29, 0.717) is 0 Å². The van der Waals surface area contributed by atoms with Crippen LogP contribution in [0.5, 0.6) is 0 Å². The second-order valence-corrected chi connectivity index (χ2v) is 6.11. The van der Waals surface area contributed by atoms with E-state index in [1.54, 1.807) is 29.2 Å². The molecule has 0 spiro atoms. The van der Waals surface area contributed by atoms with Crippen molar-refractivity contribution in [3.05, 3.63) is 57.3 Å². The minimum atomic E-state index is -0.934. The summed E-state index contributed by atoms with van der Waals surface area (Å²) >= 11 is 9.37. The number of benzene rings is 1. The number of halogens is 1. The number of rotatable bonds is 5. The van der Waals surface area contributed by atoms with Gasteiger partial charge in [-0.1, -0.05) is 23.7 Å². The number of carbonyl (C=O) groups is 1. The normalized spacial score (nSPS) is 11.0. The topological polar surface area (TPSA) is 37.3 Å². The van der Waals surface area contributed by atoms with Crippen LogP contribution in [0.1, 0.15) is 10.4 Å². The molecule has 0 aliphatic heterocycles. The molecule has 1 heterocycles. The summed E-state index contributed by atoms with van der Waals surface area (Å²) in [5.74, 6) is -0.156. The van der Waals surface area contributed by atoms with Gasteiger partial charge in [0.1, 0.15) is 0 Å². The van der Waals surface area contributed by atoms with Crippen molar-refractivity contribution in [1.29, 1.82) is 0 Å². The summed E-state index contributed by atoms with van der Waals surface area (Å²) in [5.41, 5.74) is 0.951. The van der Waals surface area contributed by atoms with Gasteiger partial charge in [-0.05, 0) is 35.2 Å². The minimum absolute atomic E-state index is 0.742. The Morgan fingerprint density at radius 2 is 2.16 bits per heavy atom. The van der Waals surface area contributed by atoms with E-state index in [2.05, 4.69) is 0 Å². The first-order chi connectivity index (χ1) is 9.16. The monoisotopic (exact) mass is 310 g/mol. The summed E-state index contributed by atoms with van der Waals surface area (Å²) in [5, 5.41) is 11.3. The molecule has 0 aliphatic rings. The molecule has 2 rings (SSSR count). The molecule has 5 heteroatoms. The van der Waals surface area contributed by atoms with Crippen molar-refractivity contribution in [3.63, 3.8) is 0 Å². The molecule has 1 N–H and O–H groups in total. The fourth-order valence-corrected chi connectivity index (χ4v) is 3.72. The van der Waals surface area contributed by atoms with Gasteiger partial charge in [-0.3, -0.25) is 0 Å². The Labute approximate surface area is 124 Å². The van der Waals surface area contributed by atoms with E-state index in [4.69, 9.17) is 16.7 Å². The molecule has 98 valence electrons. The molecule has 0 saturated carbocycles. The highest BCUT2D eigenvalue weighted by Crippen LogP contribution is 2.32. The molecule has 0 fully saturated rings. The highest BCUT2D eigenvalue weighted by molar-refractivity contribution is 7.98. The molecule has 0 bridgehead atoms. The molecule has 1 aromatic heterocycles. The summed E-state index contributed by atoms with van der Waals surface area (Å²) in [6.07, 6.45) is 2.78. The lowest BCUT2D eigenvalue weighted by atomic mass is 10.2. The number of aliphatic carboxylic acids is 1. The fourth-order valence-electron chi connectivity index (χ4n) is 1.48. The summed E-state index contributed by atoms with van der Waals surface area (Å²) in [4.78, 5) is 12.7. The Morgan fingerprint density at radius 1 is 1.37 bits per heavy atom. The van der Waals surface area contributed by atoms with Crippen LogP contribution in [0, 0.1) is 0 Å². The Balaban J connectivity index is 2.06. The van der Waals surface area contributed by atoms with Crippen molar-refractivity contribution in [3.8, 4) is 0 Å². The van der Waals surface area contributed by atoms with E-state index in [1.165, 1.54) is 0 Å². The van der Waals surface area contributed by atoms with Crippen molar-refractivity contribution < 1.29 is 9.90 Å². The lowest BCUT2D eigenvalue weighted by Gasteiger charge is -2.03. The molecular formula is C14H11ClO2S2. The summed E-state index contributed by atoms with van der Waals surface area (Å²) in [6, 6.07) is 9.62. The Kier molecular flexibility index (Phi) is 5.07. The maximum Gasteiger partial charge on any atom is 0.328 e. The van der Waals surface area contributed by atoms with Gasteiger partial charge in [0.05, 0.1) is 5.02 Å². The van der Waals surface area contributed by atoms with E-state index >= 15 is 0 Å². The van der Waals surface area contributed by atoms with Crippen LogP contribution in [0.25, 0.3) is 6.08 Å². The first-order valence-electron chi connectivity index (χ1n) is 5.51. The molecule has 2 aromatic rings. The predicted octanol–water partition coefficient (Wildman–Crippen LogP) is 4.79. The van der Waals surface area contributed by atoms with Gasteiger partial charge in [-0.15, -0.1) is 23.1 Å². The molecule has 0 aliphatic carbocycles. The highest BCUT2D eigenvalue weighted by atomic mass is 35.5. The van der Waals surface area contributed by atoms with E-state index in [-0.39, 0.29) is 0 Å². The van der Waals surface area contributed by atoms with Gasteiger partial charge in [0, 0.05) is 21.6 Å². The minimum Gasteiger partial charge on any atom is -0.478 e. The second kappa shape index (κ2) is 6.80. The van der Waals surface area contributed by atoms with Crippen LogP contribution < -0.4 is 0 Å². The molecule has 1 aromatic carbocycles. The summed E-state index contributed by atoms with van der Waals surface area (Å²) < 4.78 is 0. The van der Waals surface area contributed by atoms with Crippen LogP contribution in [0.4, 0.5) is 0 Å². The Bertz CT molecular complexity index is 605. The van der Waals surface area contributed by atoms with E-state index < -0.39 is 5.97 Å². The maximum atomic E-state index is 10.5. The standard InChI is InChI=1S/C14H11ClO2S2/c15-11-3-1-2-4-12(11)19-9-13-10(7-8-18-13)5-6-14(16)17/h1-8H,9H2,(H,16,17). The van der Waals surface area contributed by atoms with Crippen molar-refractivity contribution in [2.75, 3.05) is 0 Å². The van der Waals surface area contributed by atoms with Gasteiger partial charge in [0.2, 0.25) is 0 Å².